The average Bonchev–Trinajstić information content (AvgIpc) is 2.79. The van der Waals surface area contributed by atoms with E-state index in [1.807, 2.05) is 55.2 Å². The number of allylic oxidation sites excluding steroid dienone is 3. The summed E-state index contributed by atoms with van der Waals surface area (Å²) in [5.74, 6) is -1.75. The van der Waals surface area contributed by atoms with E-state index in [1.165, 1.54) is 0 Å². The van der Waals surface area contributed by atoms with Crippen molar-refractivity contribution in [3.8, 4) is 0 Å². The summed E-state index contributed by atoms with van der Waals surface area (Å²) in [6, 6.07) is 6.64. The van der Waals surface area contributed by atoms with Gasteiger partial charge < -0.3 is 10.0 Å². The number of halogens is 2. The topological polar surface area (TPSA) is 98.5 Å². The number of aliphatic carboxylic acids is 1. The summed E-state index contributed by atoms with van der Waals surface area (Å²) < 4.78 is 22.1. The van der Waals surface area contributed by atoms with Crippen LogP contribution in [0.25, 0.3) is 0 Å². The first-order chi connectivity index (χ1) is 17.6. The fourth-order valence-corrected chi connectivity index (χ4v) is 7.86. The monoisotopic (exact) mass is 582 g/mol. The molecule has 0 saturated carbocycles. The first kappa shape index (κ1) is 30.7. The maximum atomic E-state index is 14.5. The van der Waals surface area contributed by atoms with Gasteiger partial charge in [0.05, 0.1) is 17.6 Å². The molecule has 1 aliphatic carbocycles. The van der Waals surface area contributed by atoms with E-state index in [2.05, 4.69) is 6.92 Å². The van der Waals surface area contributed by atoms with Gasteiger partial charge in [-0.15, -0.1) is 0 Å². The predicted molar refractivity (Wildman–Crippen MR) is 155 cm³/mol. The number of piperidine rings is 1. The highest BCUT2D eigenvalue weighted by Crippen LogP contribution is 2.50. The molecule has 0 aromatic heterocycles. The van der Waals surface area contributed by atoms with Gasteiger partial charge in [-0.25, -0.2) is 4.21 Å². The summed E-state index contributed by atoms with van der Waals surface area (Å²) in [4.78, 5) is 28.3. The summed E-state index contributed by atoms with van der Waals surface area (Å²) in [5.41, 5.74) is -0.256. The minimum absolute atomic E-state index is 0.00316. The Morgan fingerprint density at radius 1 is 1.26 bits per heavy atom. The molecule has 2 aliphatic rings. The maximum Gasteiger partial charge on any atom is 0.304 e. The number of likely N-dealkylation sites (tertiary alicyclic amines) is 1. The molecule has 1 saturated heterocycles. The number of amides is 1. The zero-order valence-electron chi connectivity index (χ0n) is 23.0. The SMILES string of the molecule is CC1C=C(Cl)C=CC1[C@@H]1[C@@H](c2cccc(Cl)c2)C[C@](C)(CC(=O)O)C(=O)N1[C@H](CS(=N)(=O)C(C)C)C(C)C. The number of hydrogen-bond donors (Lipinski definition) is 2. The lowest BCUT2D eigenvalue weighted by Crippen LogP contribution is -2.64. The molecule has 3 rings (SSSR count). The Kier molecular flexibility index (Phi) is 9.48. The van der Waals surface area contributed by atoms with E-state index in [0.717, 1.165) is 5.56 Å². The molecule has 2 N–H and O–H groups in total. The Morgan fingerprint density at radius 3 is 2.45 bits per heavy atom. The molecule has 0 bridgehead atoms. The van der Waals surface area contributed by atoms with Crippen LogP contribution in [-0.2, 0) is 19.3 Å². The normalized spacial score (nSPS) is 30.3. The minimum atomic E-state index is -3.02. The molecule has 1 aromatic carbocycles. The van der Waals surface area contributed by atoms with Gasteiger partial charge in [0.1, 0.15) is 0 Å². The van der Waals surface area contributed by atoms with E-state index < -0.39 is 27.2 Å². The Bertz CT molecular complexity index is 1230. The molecule has 1 aromatic rings. The lowest BCUT2D eigenvalue weighted by atomic mass is 9.63. The van der Waals surface area contributed by atoms with Crippen molar-refractivity contribution in [3.05, 3.63) is 58.1 Å². The highest BCUT2D eigenvalue weighted by atomic mass is 35.5. The van der Waals surface area contributed by atoms with Gasteiger partial charge in [-0.05, 0) is 42.0 Å². The van der Waals surface area contributed by atoms with Crippen LogP contribution in [0.1, 0.15) is 65.9 Å². The van der Waals surface area contributed by atoms with Crippen molar-refractivity contribution in [2.24, 2.45) is 23.2 Å². The highest BCUT2D eigenvalue weighted by molar-refractivity contribution is 7.93. The first-order valence-corrected chi connectivity index (χ1v) is 15.7. The van der Waals surface area contributed by atoms with Crippen molar-refractivity contribution in [1.82, 2.24) is 4.90 Å². The average molecular weight is 584 g/mol. The molecule has 0 spiro atoms. The predicted octanol–water partition coefficient (Wildman–Crippen LogP) is 6.93. The summed E-state index contributed by atoms with van der Waals surface area (Å²) >= 11 is 12.8. The van der Waals surface area contributed by atoms with Crippen molar-refractivity contribution >= 4 is 44.8 Å². The van der Waals surface area contributed by atoms with Crippen LogP contribution in [0, 0.1) is 27.9 Å². The minimum Gasteiger partial charge on any atom is -0.481 e. The van der Waals surface area contributed by atoms with Gasteiger partial charge in [-0.3, -0.25) is 14.4 Å². The molecule has 1 amide bonds. The van der Waals surface area contributed by atoms with E-state index in [-0.39, 0.29) is 53.0 Å². The van der Waals surface area contributed by atoms with E-state index >= 15 is 0 Å². The molecular weight excluding hydrogens is 543 g/mol. The quantitative estimate of drug-likeness (QED) is 0.329. The van der Waals surface area contributed by atoms with Crippen LogP contribution in [0.4, 0.5) is 0 Å². The number of benzene rings is 1. The molecule has 6 nitrogen and oxygen atoms in total. The second-order valence-corrected chi connectivity index (χ2v) is 15.4. The smallest absolute Gasteiger partial charge is 0.304 e. The summed E-state index contributed by atoms with van der Waals surface area (Å²) in [6.45, 7) is 11.3. The zero-order valence-corrected chi connectivity index (χ0v) is 25.3. The van der Waals surface area contributed by atoms with Crippen LogP contribution in [0.15, 0.2) is 47.5 Å². The number of carbonyl (C=O) groups excluding carboxylic acids is 1. The number of hydrogen-bond acceptors (Lipinski definition) is 4. The fraction of sp³-hybridized carbons (Fsp3) is 0.586. The van der Waals surface area contributed by atoms with Crippen LogP contribution in [-0.4, -0.2) is 49.2 Å². The molecule has 3 unspecified atom stereocenters. The maximum absolute atomic E-state index is 14.5. The third-order valence-electron chi connectivity index (χ3n) is 8.18. The standard InChI is InChI=1S/C29H40Cl2N2O4S/c1-17(2)25(16-38(32,37)18(3)4)33-27(23-11-10-22(31)12-19(23)5)24(20-8-7-9-21(30)13-20)14-29(6,28(33)36)15-26(34)35/h7-13,17-19,23-25,27,32H,14-16H2,1-6H3,(H,34,35)/t19?,23?,24-,25-,27-,29-,38?/m1/s1. The van der Waals surface area contributed by atoms with Gasteiger partial charge in [-0.1, -0.05) is 89.0 Å². The van der Waals surface area contributed by atoms with Crippen LogP contribution in [0.3, 0.4) is 0 Å². The summed E-state index contributed by atoms with van der Waals surface area (Å²) in [7, 11) is -3.02. The van der Waals surface area contributed by atoms with Crippen molar-refractivity contribution in [2.75, 3.05) is 5.75 Å². The lowest BCUT2D eigenvalue weighted by Gasteiger charge is -2.55. The number of carboxylic acids is 1. The molecule has 38 heavy (non-hydrogen) atoms. The Balaban J connectivity index is 2.29. The molecule has 9 heteroatoms. The molecular formula is C29H40Cl2N2O4S. The number of nitrogens with one attached hydrogen (secondary N) is 1. The molecule has 7 atom stereocenters. The van der Waals surface area contributed by atoms with Gasteiger partial charge in [-0.2, -0.15) is 0 Å². The molecule has 210 valence electrons. The highest BCUT2D eigenvalue weighted by Gasteiger charge is 2.55. The third kappa shape index (κ3) is 6.48. The largest absolute Gasteiger partial charge is 0.481 e. The number of nitrogens with zero attached hydrogens (tertiary/aromatic N) is 1. The van der Waals surface area contributed by atoms with Gasteiger partial charge >= 0.3 is 5.97 Å². The Labute approximate surface area is 237 Å². The molecule has 1 heterocycles. The van der Waals surface area contributed by atoms with Gasteiger partial charge in [0.2, 0.25) is 5.91 Å². The van der Waals surface area contributed by atoms with Gasteiger partial charge in [0.15, 0.2) is 0 Å². The van der Waals surface area contributed by atoms with E-state index in [0.29, 0.717) is 16.5 Å². The number of rotatable bonds is 9. The zero-order chi connectivity index (χ0) is 28.6. The van der Waals surface area contributed by atoms with Crippen molar-refractivity contribution < 1.29 is 18.9 Å². The van der Waals surface area contributed by atoms with Gasteiger partial charge in [0, 0.05) is 49.0 Å². The van der Waals surface area contributed by atoms with E-state index in [4.69, 9.17) is 28.0 Å². The second kappa shape index (κ2) is 11.7. The second-order valence-electron chi connectivity index (χ2n) is 11.8. The Hall–Kier alpha value is -1.83. The van der Waals surface area contributed by atoms with Crippen LogP contribution < -0.4 is 0 Å². The molecule has 1 fully saturated rings. The van der Waals surface area contributed by atoms with Crippen molar-refractivity contribution in [2.45, 2.75) is 77.6 Å². The van der Waals surface area contributed by atoms with E-state index in [1.54, 1.807) is 26.8 Å². The van der Waals surface area contributed by atoms with Crippen LogP contribution >= 0.6 is 23.2 Å². The summed E-state index contributed by atoms with van der Waals surface area (Å²) in [6.07, 6.45) is 5.87. The van der Waals surface area contributed by atoms with Gasteiger partial charge in [0.25, 0.3) is 0 Å². The Morgan fingerprint density at radius 2 is 1.92 bits per heavy atom. The lowest BCUT2D eigenvalue weighted by molar-refractivity contribution is -0.162. The molecule has 0 radical (unpaired) electrons. The van der Waals surface area contributed by atoms with Crippen molar-refractivity contribution in [3.63, 3.8) is 0 Å². The number of carboxylic acid groups (broad SMARTS) is 1. The fourth-order valence-electron chi connectivity index (χ4n) is 5.95. The van der Waals surface area contributed by atoms with Crippen LogP contribution in [0.2, 0.25) is 5.02 Å². The third-order valence-corrected chi connectivity index (χ3v) is 11.0. The van der Waals surface area contributed by atoms with Crippen molar-refractivity contribution in [1.29, 1.82) is 4.78 Å². The van der Waals surface area contributed by atoms with E-state index in [9.17, 15) is 18.9 Å². The first-order valence-electron chi connectivity index (χ1n) is 13.2. The number of carbonyl (C=O) groups is 2. The molecule has 1 aliphatic heterocycles. The summed E-state index contributed by atoms with van der Waals surface area (Å²) in [5, 5.41) is 10.6. The van der Waals surface area contributed by atoms with Crippen LogP contribution in [0.5, 0.6) is 0 Å².